The second-order valence-electron chi connectivity index (χ2n) is 9.83. The third-order valence-corrected chi connectivity index (χ3v) is 7.34. The summed E-state index contributed by atoms with van der Waals surface area (Å²) >= 11 is 0. The lowest BCUT2D eigenvalue weighted by Crippen LogP contribution is -2.40. The fourth-order valence-corrected chi connectivity index (χ4v) is 5.27. The standard InChI is InChI=1S/C27H31N7O5/c1-38-21-5-8-32(15-21)23-11-24(29-13-20(23)12-28)31-27(37)34-7-2-4-18-10-19(22(16-35)30-26(18)34)14-33-6-3-9-39-17-25(33)36/h10-11,13,16,21H,2-9,14-15,17H2,1H3,(H,29,31,37)/t21-/m1/s1. The fourth-order valence-electron chi connectivity index (χ4n) is 5.27. The van der Waals surface area contributed by atoms with Gasteiger partial charge >= 0.3 is 6.03 Å². The molecular formula is C27H31N7O5. The van der Waals surface area contributed by atoms with Gasteiger partial charge < -0.3 is 19.3 Å². The Kier molecular flexibility index (Phi) is 7.99. The summed E-state index contributed by atoms with van der Waals surface area (Å²) in [4.78, 5) is 51.8. The minimum absolute atomic E-state index is 0.0263. The molecule has 0 spiro atoms. The Hall–Kier alpha value is -4.08. The predicted octanol–water partition coefficient (Wildman–Crippen LogP) is 2.12. The van der Waals surface area contributed by atoms with Gasteiger partial charge in [0, 0.05) is 64.3 Å². The van der Waals surface area contributed by atoms with E-state index in [2.05, 4.69) is 26.3 Å². The molecular weight excluding hydrogens is 502 g/mol. The molecule has 1 atom stereocenters. The number of urea groups is 1. The number of carbonyl (C=O) groups is 3. The number of hydrogen-bond donors (Lipinski definition) is 1. The summed E-state index contributed by atoms with van der Waals surface area (Å²) in [5.41, 5.74) is 2.81. The summed E-state index contributed by atoms with van der Waals surface area (Å²) < 4.78 is 10.8. The van der Waals surface area contributed by atoms with Crippen molar-refractivity contribution in [1.29, 1.82) is 5.26 Å². The number of aromatic nitrogens is 2. The summed E-state index contributed by atoms with van der Waals surface area (Å²) in [5.74, 6) is 0.617. The van der Waals surface area contributed by atoms with E-state index in [1.807, 2.05) is 6.07 Å². The fraction of sp³-hybridized carbons (Fsp3) is 0.481. The third kappa shape index (κ3) is 5.69. The van der Waals surface area contributed by atoms with E-state index in [4.69, 9.17) is 9.47 Å². The van der Waals surface area contributed by atoms with Crippen LogP contribution in [0.3, 0.4) is 0 Å². The summed E-state index contributed by atoms with van der Waals surface area (Å²) in [5, 5.41) is 12.4. The Morgan fingerprint density at radius 2 is 2.18 bits per heavy atom. The van der Waals surface area contributed by atoms with Crippen LogP contribution in [0.5, 0.6) is 0 Å². The third-order valence-electron chi connectivity index (χ3n) is 7.34. The predicted molar refractivity (Wildman–Crippen MR) is 142 cm³/mol. The molecule has 0 unspecified atom stereocenters. The first-order valence-corrected chi connectivity index (χ1v) is 13.1. The van der Waals surface area contributed by atoms with E-state index in [0.29, 0.717) is 67.4 Å². The molecule has 3 aliphatic heterocycles. The molecule has 2 aromatic rings. The van der Waals surface area contributed by atoms with Gasteiger partial charge in [0.15, 0.2) is 6.29 Å². The van der Waals surface area contributed by atoms with Gasteiger partial charge in [-0.05, 0) is 37.3 Å². The van der Waals surface area contributed by atoms with E-state index in [0.717, 1.165) is 31.4 Å². The number of pyridine rings is 2. The maximum Gasteiger partial charge on any atom is 0.328 e. The Labute approximate surface area is 226 Å². The molecule has 2 saturated heterocycles. The molecule has 204 valence electrons. The first kappa shape index (κ1) is 26.5. The molecule has 39 heavy (non-hydrogen) atoms. The first-order chi connectivity index (χ1) is 19.0. The number of amides is 3. The van der Waals surface area contributed by atoms with Crippen LogP contribution in [0.15, 0.2) is 18.3 Å². The molecule has 0 aliphatic carbocycles. The number of nitrogens with one attached hydrogen (secondary N) is 1. The molecule has 2 fully saturated rings. The number of nitriles is 1. The van der Waals surface area contributed by atoms with Crippen molar-refractivity contribution in [3.8, 4) is 6.07 Å². The minimum atomic E-state index is -0.424. The number of aldehydes is 1. The Balaban J connectivity index is 1.36. The molecule has 0 bridgehead atoms. The van der Waals surface area contributed by atoms with Gasteiger partial charge in [0.05, 0.1) is 17.4 Å². The van der Waals surface area contributed by atoms with Crippen molar-refractivity contribution >= 4 is 35.5 Å². The van der Waals surface area contributed by atoms with Gasteiger partial charge in [-0.1, -0.05) is 0 Å². The number of methoxy groups -OCH3 is 1. The van der Waals surface area contributed by atoms with E-state index in [9.17, 15) is 19.6 Å². The topological polar surface area (TPSA) is 141 Å². The van der Waals surface area contributed by atoms with E-state index < -0.39 is 6.03 Å². The zero-order valence-corrected chi connectivity index (χ0v) is 21.9. The number of anilines is 3. The van der Waals surface area contributed by atoms with Crippen LogP contribution in [0.2, 0.25) is 0 Å². The number of ether oxygens (including phenoxy) is 2. The van der Waals surface area contributed by atoms with Crippen molar-refractivity contribution < 1.29 is 23.9 Å². The average Bonchev–Trinajstić information content (AvgIpc) is 3.35. The van der Waals surface area contributed by atoms with Gasteiger partial charge in [-0.15, -0.1) is 0 Å². The minimum Gasteiger partial charge on any atom is -0.380 e. The Bertz CT molecular complexity index is 1310. The van der Waals surface area contributed by atoms with Crippen LogP contribution in [0.25, 0.3) is 0 Å². The van der Waals surface area contributed by atoms with Crippen molar-refractivity contribution in [1.82, 2.24) is 14.9 Å². The van der Waals surface area contributed by atoms with Gasteiger partial charge in [-0.3, -0.25) is 19.8 Å². The molecule has 5 rings (SSSR count). The molecule has 3 amide bonds. The lowest BCUT2D eigenvalue weighted by atomic mass is 10.0. The smallest absolute Gasteiger partial charge is 0.328 e. The van der Waals surface area contributed by atoms with E-state index in [1.165, 1.54) is 11.1 Å². The molecule has 0 saturated carbocycles. The van der Waals surface area contributed by atoms with E-state index >= 15 is 0 Å². The number of hydrogen-bond acceptors (Lipinski definition) is 9. The zero-order valence-electron chi connectivity index (χ0n) is 21.9. The maximum absolute atomic E-state index is 13.4. The zero-order chi connectivity index (χ0) is 27.4. The maximum atomic E-state index is 13.4. The van der Waals surface area contributed by atoms with Gasteiger partial charge in [0.2, 0.25) is 5.91 Å². The van der Waals surface area contributed by atoms with Gasteiger partial charge in [0.25, 0.3) is 0 Å². The molecule has 0 radical (unpaired) electrons. The lowest BCUT2D eigenvalue weighted by Gasteiger charge is -2.30. The van der Waals surface area contributed by atoms with Gasteiger partial charge in [-0.25, -0.2) is 14.8 Å². The summed E-state index contributed by atoms with van der Waals surface area (Å²) in [6, 6.07) is 5.33. The molecule has 3 aliphatic rings. The highest BCUT2D eigenvalue weighted by Crippen LogP contribution is 2.30. The monoisotopic (exact) mass is 533 g/mol. The van der Waals surface area contributed by atoms with Crippen LogP contribution in [-0.2, 0) is 27.2 Å². The second-order valence-corrected chi connectivity index (χ2v) is 9.83. The summed E-state index contributed by atoms with van der Waals surface area (Å²) in [6.07, 6.45) is 5.20. The molecule has 1 N–H and O–H groups in total. The van der Waals surface area contributed by atoms with Crippen molar-refractivity contribution in [2.45, 2.75) is 38.3 Å². The van der Waals surface area contributed by atoms with Crippen LogP contribution in [0, 0.1) is 11.3 Å². The quantitative estimate of drug-likeness (QED) is 0.553. The molecule has 0 aromatic carbocycles. The molecule has 2 aromatic heterocycles. The number of nitrogens with zero attached hydrogens (tertiary/aromatic N) is 6. The van der Waals surface area contributed by atoms with E-state index in [1.54, 1.807) is 18.1 Å². The normalized spacial score (nSPS) is 19.3. The average molecular weight is 534 g/mol. The highest BCUT2D eigenvalue weighted by molar-refractivity contribution is 6.02. The van der Waals surface area contributed by atoms with Crippen LogP contribution in [0.4, 0.5) is 22.1 Å². The van der Waals surface area contributed by atoms with E-state index in [-0.39, 0.29) is 30.9 Å². The number of aryl methyl sites for hydroxylation is 1. The lowest BCUT2D eigenvalue weighted by molar-refractivity contribution is -0.134. The second kappa shape index (κ2) is 11.8. The van der Waals surface area contributed by atoms with Crippen molar-refractivity contribution in [3.63, 3.8) is 0 Å². The van der Waals surface area contributed by atoms with Crippen LogP contribution >= 0.6 is 0 Å². The van der Waals surface area contributed by atoms with Crippen LogP contribution in [0.1, 0.15) is 46.4 Å². The summed E-state index contributed by atoms with van der Waals surface area (Å²) in [7, 11) is 1.67. The van der Waals surface area contributed by atoms with Crippen LogP contribution in [-0.4, -0.2) is 85.7 Å². The van der Waals surface area contributed by atoms with Crippen molar-refractivity contribution in [2.24, 2.45) is 0 Å². The van der Waals surface area contributed by atoms with Gasteiger partial charge in [-0.2, -0.15) is 5.26 Å². The number of carbonyl (C=O) groups excluding carboxylic acids is 3. The van der Waals surface area contributed by atoms with Gasteiger partial charge in [0.1, 0.15) is 30.0 Å². The SMILES string of the molecule is CO[C@@H]1CCN(c2cc(NC(=O)N3CCCc4cc(CN5CCCOCC5=O)c(C=O)nc43)ncc2C#N)C1. The Morgan fingerprint density at radius 3 is 2.95 bits per heavy atom. The highest BCUT2D eigenvalue weighted by atomic mass is 16.5. The van der Waals surface area contributed by atoms with Crippen LogP contribution < -0.4 is 15.1 Å². The largest absolute Gasteiger partial charge is 0.380 e. The number of fused-ring (bicyclic) bond motifs is 1. The Morgan fingerprint density at radius 1 is 1.31 bits per heavy atom. The first-order valence-electron chi connectivity index (χ1n) is 13.1. The van der Waals surface area contributed by atoms with Crippen molar-refractivity contribution in [3.05, 3.63) is 40.7 Å². The summed E-state index contributed by atoms with van der Waals surface area (Å²) in [6.45, 7) is 3.18. The van der Waals surface area contributed by atoms with Crippen molar-refractivity contribution in [2.75, 3.05) is 61.6 Å². The molecule has 12 heteroatoms. The molecule has 5 heterocycles. The molecule has 12 nitrogen and oxygen atoms in total. The highest BCUT2D eigenvalue weighted by Gasteiger charge is 2.29. The number of rotatable bonds is 6.